The van der Waals surface area contributed by atoms with Gasteiger partial charge in [-0.15, -0.1) is 11.3 Å². The van der Waals surface area contributed by atoms with Gasteiger partial charge in [0.05, 0.1) is 11.2 Å². The molecule has 0 aliphatic heterocycles. The lowest BCUT2D eigenvalue weighted by Crippen LogP contribution is -2.17. The molecule has 1 amide bonds. The minimum absolute atomic E-state index is 0.115. The highest BCUT2D eigenvalue weighted by molar-refractivity contribution is 7.21. The number of hydrazone groups is 1. The van der Waals surface area contributed by atoms with E-state index in [4.69, 9.17) is 16.3 Å². The van der Waals surface area contributed by atoms with Crippen molar-refractivity contribution in [3.63, 3.8) is 0 Å². The summed E-state index contributed by atoms with van der Waals surface area (Å²) in [6, 6.07) is 14.6. The van der Waals surface area contributed by atoms with Crippen molar-refractivity contribution in [1.29, 1.82) is 0 Å². The zero-order chi connectivity index (χ0) is 24.9. The third kappa shape index (κ3) is 8.48. The average molecular weight is 513 g/mol. The fourth-order valence-electron chi connectivity index (χ4n) is 3.80. The number of rotatable bonds is 14. The van der Waals surface area contributed by atoms with Gasteiger partial charge in [-0.25, -0.2) is 10.2 Å². The van der Waals surface area contributed by atoms with Crippen LogP contribution >= 0.6 is 22.9 Å². The number of benzene rings is 2. The molecule has 1 N–H and O–H groups in total. The number of para-hydroxylation sites is 1. The first-order valence-electron chi connectivity index (χ1n) is 12.4. The summed E-state index contributed by atoms with van der Waals surface area (Å²) in [6.45, 7) is 2.23. The second-order valence-corrected chi connectivity index (χ2v) is 9.97. The summed E-state index contributed by atoms with van der Waals surface area (Å²) in [4.78, 5) is 25.2. The lowest BCUT2D eigenvalue weighted by Gasteiger charge is -2.06. The molecule has 0 saturated carbocycles. The topological polar surface area (TPSA) is 67.8 Å². The van der Waals surface area contributed by atoms with E-state index in [0.29, 0.717) is 27.6 Å². The van der Waals surface area contributed by atoms with E-state index in [1.54, 1.807) is 18.2 Å². The molecule has 186 valence electrons. The second-order valence-electron chi connectivity index (χ2n) is 8.54. The molecule has 3 aromatic rings. The van der Waals surface area contributed by atoms with Gasteiger partial charge in [0.2, 0.25) is 5.91 Å². The predicted molar refractivity (Wildman–Crippen MR) is 146 cm³/mol. The Kier molecular flexibility index (Phi) is 11.3. The number of amides is 1. The molecule has 0 aliphatic rings. The summed E-state index contributed by atoms with van der Waals surface area (Å²) in [5.74, 6) is -0.287. The van der Waals surface area contributed by atoms with Crippen LogP contribution in [-0.2, 0) is 4.79 Å². The summed E-state index contributed by atoms with van der Waals surface area (Å²) in [7, 11) is 0. The van der Waals surface area contributed by atoms with Crippen molar-refractivity contribution in [2.45, 2.75) is 71.1 Å². The molecule has 0 saturated heterocycles. The fourth-order valence-corrected chi connectivity index (χ4v) is 5.18. The molecule has 5 nitrogen and oxygen atoms in total. The van der Waals surface area contributed by atoms with Crippen LogP contribution in [0.5, 0.6) is 5.75 Å². The molecule has 2 aromatic carbocycles. The summed E-state index contributed by atoms with van der Waals surface area (Å²) >= 11 is 7.71. The summed E-state index contributed by atoms with van der Waals surface area (Å²) in [6.07, 6.45) is 12.8. The van der Waals surface area contributed by atoms with Crippen molar-refractivity contribution in [3.8, 4) is 5.75 Å². The van der Waals surface area contributed by atoms with Crippen molar-refractivity contribution in [3.05, 3.63) is 64.0 Å². The van der Waals surface area contributed by atoms with Gasteiger partial charge in [-0.05, 0) is 24.6 Å². The van der Waals surface area contributed by atoms with E-state index in [-0.39, 0.29) is 5.91 Å². The molecule has 0 fully saturated rings. The first kappa shape index (κ1) is 26.9. The molecular formula is C28H33ClN2O3S. The number of halogens is 1. The van der Waals surface area contributed by atoms with Gasteiger partial charge in [0.25, 0.3) is 0 Å². The van der Waals surface area contributed by atoms with E-state index < -0.39 is 5.97 Å². The number of hydrogen-bond donors (Lipinski definition) is 1. The molecule has 1 aromatic heterocycles. The maximum Gasteiger partial charge on any atom is 0.355 e. The molecule has 0 atom stereocenters. The SMILES string of the molecule is CCCCCCCCCCCC(=O)N/N=C/c1ccccc1OC(=O)c1sc2ccccc2c1Cl. The Balaban J connectivity index is 1.45. The largest absolute Gasteiger partial charge is 0.422 e. The van der Waals surface area contributed by atoms with Crippen molar-refractivity contribution < 1.29 is 14.3 Å². The van der Waals surface area contributed by atoms with Crippen LogP contribution in [0.25, 0.3) is 10.1 Å². The number of unbranched alkanes of at least 4 members (excludes halogenated alkanes) is 8. The van der Waals surface area contributed by atoms with Crippen LogP contribution in [0, 0.1) is 0 Å². The Hall–Kier alpha value is -2.70. The number of esters is 1. The summed E-state index contributed by atoms with van der Waals surface area (Å²) in [5, 5.41) is 5.28. The van der Waals surface area contributed by atoms with Gasteiger partial charge >= 0.3 is 5.97 Å². The van der Waals surface area contributed by atoms with E-state index in [0.717, 1.165) is 22.9 Å². The van der Waals surface area contributed by atoms with Gasteiger partial charge in [0.15, 0.2) is 0 Å². The molecular weight excluding hydrogens is 480 g/mol. The van der Waals surface area contributed by atoms with E-state index in [2.05, 4.69) is 17.5 Å². The van der Waals surface area contributed by atoms with E-state index in [1.807, 2.05) is 30.3 Å². The summed E-state index contributed by atoms with van der Waals surface area (Å²) < 4.78 is 6.54. The molecule has 7 heteroatoms. The molecule has 0 bridgehead atoms. The Bertz CT molecular complexity index is 1140. The van der Waals surface area contributed by atoms with Crippen molar-refractivity contribution in [2.75, 3.05) is 0 Å². The first-order valence-corrected chi connectivity index (χ1v) is 13.6. The number of nitrogens with zero attached hydrogens (tertiary/aromatic N) is 1. The van der Waals surface area contributed by atoms with Gasteiger partial charge in [0.1, 0.15) is 10.6 Å². The van der Waals surface area contributed by atoms with Crippen LogP contribution in [-0.4, -0.2) is 18.1 Å². The number of nitrogens with one attached hydrogen (secondary N) is 1. The van der Waals surface area contributed by atoms with Gasteiger partial charge < -0.3 is 4.74 Å². The molecule has 35 heavy (non-hydrogen) atoms. The highest BCUT2D eigenvalue weighted by atomic mass is 35.5. The predicted octanol–water partition coefficient (Wildman–Crippen LogP) is 8.14. The summed E-state index contributed by atoms with van der Waals surface area (Å²) in [5.41, 5.74) is 3.15. The van der Waals surface area contributed by atoms with Crippen LogP contribution in [0.3, 0.4) is 0 Å². The molecule has 0 aliphatic carbocycles. The minimum Gasteiger partial charge on any atom is -0.422 e. The van der Waals surface area contributed by atoms with Crippen molar-refractivity contribution in [1.82, 2.24) is 5.43 Å². The third-order valence-electron chi connectivity index (χ3n) is 5.74. The number of fused-ring (bicyclic) bond motifs is 1. The highest BCUT2D eigenvalue weighted by Gasteiger charge is 2.19. The van der Waals surface area contributed by atoms with Gasteiger partial charge in [-0.3, -0.25) is 4.79 Å². The minimum atomic E-state index is -0.522. The van der Waals surface area contributed by atoms with E-state index in [9.17, 15) is 9.59 Å². The van der Waals surface area contributed by atoms with E-state index in [1.165, 1.54) is 62.5 Å². The molecule has 0 radical (unpaired) electrons. The highest BCUT2D eigenvalue weighted by Crippen LogP contribution is 2.36. The number of hydrogen-bond acceptors (Lipinski definition) is 5. The fraction of sp³-hybridized carbons (Fsp3) is 0.393. The van der Waals surface area contributed by atoms with Crippen LogP contribution in [0.4, 0.5) is 0 Å². The zero-order valence-corrected chi connectivity index (χ0v) is 21.8. The second kappa shape index (κ2) is 14.6. The number of carbonyl (C=O) groups is 2. The lowest BCUT2D eigenvalue weighted by molar-refractivity contribution is -0.121. The Labute approximate surface area is 216 Å². The normalized spacial score (nSPS) is 11.3. The molecule has 0 unspecified atom stereocenters. The average Bonchev–Trinajstić information content (AvgIpc) is 3.21. The molecule has 0 spiro atoms. The number of carbonyl (C=O) groups excluding carboxylic acids is 2. The molecule has 3 rings (SSSR count). The lowest BCUT2D eigenvalue weighted by atomic mass is 10.1. The van der Waals surface area contributed by atoms with E-state index >= 15 is 0 Å². The maximum absolute atomic E-state index is 12.8. The van der Waals surface area contributed by atoms with Gasteiger partial charge in [-0.1, -0.05) is 100 Å². The quantitative estimate of drug-likeness (QED) is 0.0778. The smallest absolute Gasteiger partial charge is 0.355 e. The van der Waals surface area contributed by atoms with Crippen molar-refractivity contribution >= 4 is 51.1 Å². The Morgan fingerprint density at radius 1 is 0.943 bits per heavy atom. The Morgan fingerprint density at radius 3 is 2.34 bits per heavy atom. The van der Waals surface area contributed by atoms with Crippen LogP contribution < -0.4 is 10.2 Å². The van der Waals surface area contributed by atoms with Crippen LogP contribution in [0.2, 0.25) is 5.02 Å². The monoisotopic (exact) mass is 512 g/mol. The van der Waals surface area contributed by atoms with Crippen LogP contribution in [0.15, 0.2) is 53.6 Å². The molecule has 1 heterocycles. The number of thiophene rings is 1. The first-order chi connectivity index (χ1) is 17.1. The number of ether oxygens (including phenoxy) is 1. The van der Waals surface area contributed by atoms with Crippen LogP contribution in [0.1, 0.15) is 86.4 Å². The zero-order valence-electron chi connectivity index (χ0n) is 20.2. The third-order valence-corrected chi connectivity index (χ3v) is 7.40. The maximum atomic E-state index is 12.8. The van der Waals surface area contributed by atoms with Crippen molar-refractivity contribution in [2.24, 2.45) is 5.10 Å². The Morgan fingerprint density at radius 2 is 1.60 bits per heavy atom. The standard InChI is InChI=1S/C28H33ClN2O3S/c1-2-3-4-5-6-7-8-9-10-19-25(32)31-30-20-21-15-11-13-17-23(21)34-28(33)27-26(29)22-16-12-14-18-24(22)35-27/h11-18,20H,2-10,19H2,1H3,(H,31,32)/b30-20+. The van der Waals surface area contributed by atoms with Gasteiger partial charge in [0, 0.05) is 22.1 Å². The van der Waals surface area contributed by atoms with Gasteiger partial charge in [-0.2, -0.15) is 5.10 Å².